The first kappa shape index (κ1) is 16.3. The van der Waals surface area contributed by atoms with Gasteiger partial charge >= 0.3 is 0 Å². The Balaban J connectivity index is 1.39. The number of nitrogen functional groups attached to an aromatic ring is 1. The van der Waals surface area contributed by atoms with Crippen LogP contribution in [0.5, 0.6) is 0 Å². The van der Waals surface area contributed by atoms with Crippen LogP contribution in [0.3, 0.4) is 0 Å². The molecule has 126 valence electrons. The Bertz CT molecular complexity index is 631. The van der Waals surface area contributed by atoms with Crippen molar-refractivity contribution in [3.05, 3.63) is 30.5 Å². The molecule has 5 heteroatoms. The lowest BCUT2D eigenvalue weighted by molar-refractivity contribution is -0.917. The van der Waals surface area contributed by atoms with Gasteiger partial charge in [-0.3, -0.25) is 0 Å². The van der Waals surface area contributed by atoms with E-state index in [0.717, 1.165) is 61.5 Å². The number of morpholine rings is 1. The summed E-state index contributed by atoms with van der Waals surface area (Å²) in [5.41, 5.74) is 8.09. The number of fused-ring (bicyclic) bond motifs is 1. The van der Waals surface area contributed by atoms with E-state index in [2.05, 4.69) is 35.3 Å². The summed E-state index contributed by atoms with van der Waals surface area (Å²) in [5.74, 6) is 0. The van der Waals surface area contributed by atoms with E-state index < -0.39 is 0 Å². The largest absolute Gasteiger partial charge is 0.398 e. The number of rotatable bonds is 7. The van der Waals surface area contributed by atoms with Crippen molar-refractivity contribution in [2.24, 2.45) is 0 Å². The Morgan fingerprint density at radius 1 is 1.22 bits per heavy atom. The molecule has 0 radical (unpaired) electrons. The van der Waals surface area contributed by atoms with Crippen LogP contribution < -0.4 is 11.1 Å². The maximum atomic E-state index is 6.01. The topological polar surface area (TPSA) is 52.2 Å². The lowest BCUT2D eigenvalue weighted by Crippen LogP contribution is -2.52. The summed E-state index contributed by atoms with van der Waals surface area (Å²) >= 11 is 0. The molecule has 0 atom stereocenters. The van der Waals surface area contributed by atoms with Crippen molar-refractivity contribution in [3.63, 3.8) is 0 Å². The lowest BCUT2D eigenvalue weighted by Gasteiger charge is -2.37. The number of nitrogens with two attached hydrogens (primary N) is 1. The van der Waals surface area contributed by atoms with Crippen LogP contribution in [-0.2, 0) is 11.3 Å². The molecule has 0 saturated carbocycles. The molecule has 1 aromatic heterocycles. The molecule has 5 nitrogen and oxygen atoms in total. The van der Waals surface area contributed by atoms with Crippen molar-refractivity contribution in [1.82, 2.24) is 9.88 Å². The van der Waals surface area contributed by atoms with E-state index in [0.29, 0.717) is 0 Å². The first-order valence-electron chi connectivity index (χ1n) is 8.63. The van der Waals surface area contributed by atoms with E-state index >= 15 is 0 Å². The summed E-state index contributed by atoms with van der Waals surface area (Å²) in [6.07, 6.45) is 3.35. The van der Waals surface area contributed by atoms with Crippen molar-refractivity contribution in [2.45, 2.75) is 13.0 Å². The van der Waals surface area contributed by atoms with Crippen LogP contribution in [0.15, 0.2) is 30.5 Å². The van der Waals surface area contributed by atoms with Crippen molar-refractivity contribution >= 4 is 16.6 Å². The van der Waals surface area contributed by atoms with E-state index in [9.17, 15) is 0 Å². The molecule has 3 N–H and O–H groups in total. The Kier molecular flexibility index (Phi) is 5.20. The third-order valence-electron chi connectivity index (χ3n) is 4.98. The number of nitrogens with zero attached hydrogens (tertiary/aromatic N) is 2. The molecule has 23 heavy (non-hydrogen) atoms. The number of aromatic nitrogens is 1. The van der Waals surface area contributed by atoms with Crippen LogP contribution in [0.2, 0.25) is 0 Å². The van der Waals surface area contributed by atoms with E-state index in [-0.39, 0.29) is 0 Å². The van der Waals surface area contributed by atoms with Crippen LogP contribution in [0.1, 0.15) is 6.42 Å². The smallest absolute Gasteiger partial charge is 0.102 e. The van der Waals surface area contributed by atoms with Crippen LogP contribution in [-0.4, -0.2) is 62.0 Å². The van der Waals surface area contributed by atoms with Crippen LogP contribution in [0, 0.1) is 0 Å². The highest BCUT2D eigenvalue weighted by Gasteiger charge is 2.24. The minimum Gasteiger partial charge on any atom is -0.398 e. The molecule has 0 aliphatic carbocycles. The van der Waals surface area contributed by atoms with Gasteiger partial charge in [0, 0.05) is 43.3 Å². The number of nitrogens with one attached hydrogen (secondary N) is 1. The van der Waals surface area contributed by atoms with Gasteiger partial charge < -0.3 is 24.8 Å². The second kappa shape index (κ2) is 7.34. The lowest BCUT2D eigenvalue weighted by atomic mass is 10.2. The van der Waals surface area contributed by atoms with E-state index in [1.54, 1.807) is 0 Å². The molecule has 0 amide bonds. The Labute approximate surface area is 138 Å². The average molecular weight is 317 g/mol. The monoisotopic (exact) mass is 317 g/mol. The van der Waals surface area contributed by atoms with Crippen molar-refractivity contribution in [1.29, 1.82) is 0 Å². The molecular formula is C18H29N4O+. The van der Waals surface area contributed by atoms with Gasteiger partial charge in [-0.1, -0.05) is 6.07 Å². The standard InChI is InChI=1S/C18H29N4O/c1-22(12-14-23-15-13-22)11-3-7-20-8-10-21-9-6-16-17(19)4-2-5-18(16)21/h2,4-6,9,20H,3,7-8,10-15,19H2,1H3/q+1. The fraction of sp³-hybridized carbons (Fsp3) is 0.556. The second-order valence-electron chi connectivity index (χ2n) is 6.80. The minimum absolute atomic E-state index is 0.858. The summed E-state index contributed by atoms with van der Waals surface area (Å²) in [7, 11) is 2.35. The summed E-state index contributed by atoms with van der Waals surface area (Å²) in [6, 6.07) is 8.22. The number of hydrogen-bond acceptors (Lipinski definition) is 3. The average Bonchev–Trinajstić information content (AvgIpc) is 2.96. The first-order chi connectivity index (χ1) is 11.2. The molecular weight excluding hydrogens is 288 g/mol. The highest BCUT2D eigenvalue weighted by atomic mass is 16.5. The summed E-state index contributed by atoms with van der Waals surface area (Å²) < 4.78 is 8.88. The van der Waals surface area contributed by atoms with E-state index in [1.165, 1.54) is 18.5 Å². The van der Waals surface area contributed by atoms with Gasteiger partial charge in [-0.25, -0.2) is 0 Å². The van der Waals surface area contributed by atoms with Crippen LogP contribution >= 0.6 is 0 Å². The molecule has 2 aromatic rings. The van der Waals surface area contributed by atoms with Gasteiger partial charge in [0.15, 0.2) is 0 Å². The van der Waals surface area contributed by atoms with Gasteiger partial charge in [0.2, 0.25) is 0 Å². The van der Waals surface area contributed by atoms with Crippen molar-refractivity contribution in [2.75, 3.05) is 58.7 Å². The fourth-order valence-electron chi connectivity index (χ4n) is 3.36. The highest BCUT2D eigenvalue weighted by molar-refractivity contribution is 5.91. The van der Waals surface area contributed by atoms with E-state index in [4.69, 9.17) is 10.5 Å². The molecule has 0 spiro atoms. The maximum absolute atomic E-state index is 6.01. The van der Waals surface area contributed by atoms with Gasteiger partial charge in [-0.2, -0.15) is 0 Å². The van der Waals surface area contributed by atoms with Crippen LogP contribution in [0.4, 0.5) is 5.69 Å². The summed E-state index contributed by atoms with van der Waals surface area (Å²) in [5, 5.41) is 4.72. The number of quaternary nitrogens is 1. The fourth-order valence-corrected chi connectivity index (χ4v) is 3.36. The number of likely N-dealkylation sites (N-methyl/N-ethyl adjacent to an activating group) is 1. The SMILES string of the molecule is C[N+]1(CCCNCCn2ccc3c(N)cccc32)CCOCC1. The zero-order valence-electron chi connectivity index (χ0n) is 14.1. The molecule has 0 bridgehead atoms. The maximum Gasteiger partial charge on any atom is 0.102 e. The molecule has 1 aliphatic heterocycles. The number of benzene rings is 1. The zero-order chi connectivity index (χ0) is 16.1. The number of hydrogen-bond donors (Lipinski definition) is 2. The first-order valence-corrected chi connectivity index (χ1v) is 8.63. The summed E-state index contributed by atoms with van der Waals surface area (Å²) in [6.45, 7) is 8.41. The van der Waals surface area contributed by atoms with E-state index in [1.807, 2.05) is 12.1 Å². The Morgan fingerprint density at radius 3 is 2.87 bits per heavy atom. The third kappa shape index (κ3) is 4.05. The zero-order valence-corrected chi connectivity index (χ0v) is 14.1. The predicted molar refractivity (Wildman–Crippen MR) is 95.4 cm³/mol. The molecule has 1 fully saturated rings. The number of anilines is 1. The number of ether oxygens (including phenoxy) is 1. The molecule has 1 saturated heterocycles. The molecule has 0 unspecified atom stereocenters. The Hall–Kier alpha value is -1.56. The quantitative estimate of drug-likeness (QED) is 0.464. The minimum atomic E-state index is 0.858. The normalized spacial score (nSPS) is 17.6. The van der Waals surface area contributed by atoms with Gasteiger partial charge in [-0.15, -0.1) is 0 Å². The van der Waals surface area contributed by atoms with Gasteiger partial charge in [0.05, 0.1) is 32.3 Å². The van der Waals surface area contributed by atoms with Gasteiger partial charge in [0.1, 0.15) is 13.1 Å². The molecule has 2 heterocycles. The highest BCUT2D eigenvalue weighted by Crippen LogP contribution is 2.21. The van der Waals surface area contributed by atoms with Crippen LogP contribution in [0.25, 0.3) is 10.9 Å². The molecule has 1 aliphatic rings. The molecule has 3 rings (SSSR count). The van der Waals surface area contributed by atoms with Gasteiger partial charge in [-0.05, 0) is 18.2 Å². The van der Waals surface area contributed by atoms with Crippen molar-refractivity contribution in [3.8, 4) is 0 Å². The predicted octanol–water partition coefficient (Wildman–Crippen LogP) is 1.68. The van der Waals surface area contributed by atoms with Crippen molar-refractivity contribution < 1.29 is 9.22 Å². The second-order valence-corrected chi connectivity index (χ2v) is 6.80. The van der Waals surface area contributed by atoms with Gasteiger partial charge in [0.25, 0.3) is 0 Å². The third-order valence-corrected chi connectivity index (χ3v) is 4.98. The summed E-state index contributed by atoms with van der Waals surface area (Å²) in [4.78, 5) is 0. The molecule has 1 aromatic carbocycles. The Morgan fingerprint density at radius 2 is 2.04 bits per heavy atom.